The zero-order valence-electron chi connectivity index (χ0n) is 10.9. The number of hydrogen-bond donors (Lipinski definition) is 1. The van der Waals surface area contributed by atoms with Gasteiger partial charge in [-0.3, -0.25) is 4.79 Å². The van der Waals surface area contributed by atoms with Crippen molar-refractivity contribution in [3.63, 3.8) is 0 Å². The van der Waals surface area contributed by atoms with Crippen molar-refractivity contribution < 1.29 is 9.53 Å². The maximum atomic E-state index is 12.2. The molecule has 1 saturated carbocycles. The average molecular weight is 243 g/mol. The molecule has 0 radical (unpaired) electrons. The van der Waals surface area contributed by atoms with E-state index in [1.165, 1.54) is 7.11 Å². The molecule has 1 fully saturated rings. The summed E-state index contributed by atoms with van der Waals surface area (Å²) >= 11 is 0. The Bertz CT molecular complexity index is 628. The van der Waals surface area contributed by atoms with Crippen LogP contribution in [0.25, 0.3) is 10.9 Å². The van der Waals surface area contributed by atoms with Gasteiger partial charge in [0.2, 0.25) is 0 Å². The topological polar surface area (TPSA) is 42.1 Å². The predicted molar refractivity (Wildman–Crippen MR) is 70.5 cm³/mol. The molecule has 3 heteroatoms. The van der Waals surface area contributed by atoms with Gasteiger partial charge in [-0.2, -0.15) is 0 Å². The Morgan fingerprint density at radius 1 is 1.44 bits per heavy atom. The SMILES string of the molecule is COC(=O)C1(c2c(C)[nH]c3ccccc23)CC1C. The number of ether oxygens (including phenoxy) is 1. The maximum Gasteiger partial charge on any atom is 0.316 e. The van der Waals surface area contributed by atoms with E-state index < -0.39 is 5.41 Å². The quantitative estimate of drug-likeness (QED) is 0.824. The van der Waals surface area contributed by atoms with Crippen LogP contribution in [-0.4, -0.2) is 18.1 Å². The lowest BCUT2D eigenvalue weighted by Crippen LogP contribution is -2.24. The average Bonchev–Trinajstić information content (AvgIpc) is 2.91. The Balaban J connectivity index is 2.26. The molecule has 1 aromatic heterocycles. The second-order valence-corrected chi connectivity index (χ2v) is 5.24. The first-order chi connectivity index (χ1) is 8.61. The van der Waals surface area contributed by atoms with Gasteiger partial charge in [-0.25, -0.2) is 0 Å². The summed E-state index contributed by atoms with van der Waals surface area (Å²) < 4.78 is 5.02. The van der Waals surface area contributed by atoms with E-state index in [1.807, 2.05) is 25.1 Å². The number of aryl methyl sites for hydroxylation is 1. The Morgan fingerprint density at radius 2 is 2.11 bits per heavy atom. The minimum absolute atomic E-state index is 0.108. The zero-order valence-corrected chi connectivity index (χ0v) is 10.9. The van der Waals surface area contributed by atoms with Gasteiger partial charge in [-0.1, -0.05) is 25.1 Å². The molecule has 1 aliphatic rings. The Hall–Kier alpha value is -1.77. The summed E-state index contributed by atoms with van der Waals surface area (Å²) in [5, 5.41) is 1.14. The number of aromatic amines is 1. The first-order valence-corrected chi connectivity index (χ1v) is 6.27. The standard InChI is InChI=1S/C15H17NO2/c1-9-8-15(9,14(17)18-3)13-10(2)16-12-7-5-4-6-11(12)13/h4-7,9,16H,8H2,1-3H3. The molecule has 1 aromatic carbocycles. The molecule has 3 nitrogen and oxygen atoms in total. The zero-order chi connectivity index (χ0) is 12.9. The summed E-state index contributed by atoms with van der Waals surface area (Å²) in [4.78, 5) is 15.5. The largest absolute Gasteiger partial charge is 0.468 e. The molecule has 0 aliphatic heterocycles. The van der Waals surface area contributed by atoms with Crippen molar-refractivity contribution in [2.24, 2.45) is 5.92 Å². The van der Waals surface area contributed by atoms with Gasteiger partial charge in [0.15, 0.2) is 0 Å². The summed E-state index contributed by atoms with van der Waals surface area (Å²) in [6, 6.07) is 8.13. The van der Waals surface area contributed by atoms with E-state index in [2.05, 4.69) is 18.0 Å². The number of para-hydroxylation sites is 1. The fourth-order valence-corrected chi connectivity index (χ4v) is 3.19. The van der Waals surface area contributed by atoms with Crippen molar-refractivity contribution in [2.45, 2.75) is 25.7 Å². The molecule has 0 amide bonds. The fourth-order valence-electron chi connectivity index (χ4n) is 3.19. The van der Waals surface area contributed by atoms with E-state index in [0.29, 0.717) is 5.92 Å². The highest BCUT2D eigenvalue weighted by molar-refractivity contribution is 5.96. The third-order valence-corrected chi connectivity index (χ3v) is 4.20. The van der Waals surface area contributed by atoms with Gasteiger partial charge in [-0.05, 0) is 30.9 Å². The number of benzene rings is 1. The van der Waals surface area contributed by atoms with Crippen LogP contribution in [0.2, 0.25) is 0 Å². The second kappa shape index (κ2) is 3.61. The van der Waals surface area contributed by atoms with Gasteiger partial charge in [0.25, 0.3) is 0 Å². The van der Waals surface area contributed by atoms with Crippen molar-refractivity contribution >= 4 is 16.9 Å². The summed E-state index contributed by atoms with van der Waals surface area (Å²) in [5.74, 6) is 0.241. The molecule has 0 bridgehead atoms. The van der Waals surface area contributed by atoms with Crippen LogP contribution in [0.4, 0.5) is 0 Å². The van der Waals surface area contributed by atoms with Gasteiger partial charge in [0.05, 0.1) is 12.5 Å². The van der Waals surface area contributed by atoms with E-state index in [4.69, 9.17) is 4.74 Å². The minimum atomic E-state index is -0.432. The number of esters is 1. The number of nitrogens with one attached hydrogen (secondary N) is 1. The van der Waals surface area contributed by atoms with Crippen LogP contribution in [-0.2, 0) is 14.9 Å². The van der Waals surface area contributed by atoms with Crippen LogP contribution >= 0.6 is 0 Å². The fraction of sp³-hybridized carbons (Fsp3) is 0.400. The lowest BCUT2D eigenvalue weighted by atomic mass is 9.91. The Morgan fingerprint density at radius 3 is 2.72 bits per heavy atom. The summed E-state index contributed by atoms with van der Waals surface area (Å²) in [6.07, 6.45) is 0.877. The highest BCUT2D eigenvalue weighted by Crippen LogP contribution is 2.57. The minimum Gasteiger partial charge on any atom is -0.468 e. The van der Waals surface area contributed by atoms with E-state index in [0.717, 1.165) is 28.6 Å². The lowest BCUT2D eigenvalue weighted by molar-refractivity contribution is -0.144. The predicted octanol–water partition coefficient (Wildman–Crippen LogP) is 2.93. The van der Waals surface area contributed by atoms with E-state index in [-0.39, 0.29) is 5.97 Å². The van der Waals surface area contributed by atoms with Crippen LogP contribution in [0.1, 0.15) is 24.6 Å². The summed E-state index contributed by atoms with van der Waals surface area (Å²) in [6.45, 7) is 4.14. The second-order valence-electron chi connectivity index (χ2n) is 5.24. The maximum absolute atomic E-state index is 12.2. The number of methoxy groups -OCH3 is 1. The highest BCUT2D eigenvalue weighted by Gasteiger charge is 2.61. The third kappa shape index (κ3) is 1.27. The first-order valence-electron chi connectivity index (χ1n) is 6.27. The van der Waals surface area contributed by atoms with Crippen LogP contribution in [0, 0.1) is 12.8 Å². The van der Waals surface area contributed by atoms with Crippen molar-refractivity contribution in [3.05, 3.63) is 35.5 Å². The monoisotopic (exact) mass is 243 g/mol. The molecule has 0 spiro atoms. The van der Waals surface area contributed by atoms with Gasteiger partial charge < -0.3 is 9.72 Å². The number of rotatable bonds is 2. The number of aromatic nitrogens is 1. The molecular formula is C15H17NO2. The Labute approximate surface area is 106 Å². The lowest BCUT2D eigenvalue weighted by Gasteiger charge is -2.15. The molecule has 18 heavy (non-hydrogen) atoms. The number of carbonyl (C=O) groups excluding carboxylic acids is 1. The van der Waals surface area contributed by atoms with E-state index in [9.17, 15) is 4.79 Å². The third-order valence-electron chi connectivity index (χ3n) is 4.20. The number of carbonyl (C=O) groups is 1. The van der Waals surface area contributed by atoms with E-state index >= 15 is 0 Å². The van der Waals surface area contributed by atoms with E-state index in [1.54, 1.807) is 0 Å². The molecule has 94 valence electrons. The molecule has 3 rings (SSSR count). The number of fused-ring (bicyclic) bond motifs is 1. The van der Waals surface area contributed by atoms with Crippen LogP contribution in [0.3, 0.4) is 0 Å². The molecule has 2 atom stereocenters. The molecule has 1 aliphatic carbocycles. The highest BCUT2D eigenvalue weighted by atomic mass is 16.5. The number of H-pyrrole nitrogens is 1. The van der Waals surface area contributed by atoms with Crippen LogP contribution < -0.4 is 0 Å². The smallest absolute Gasteiger partial charge is 0.316 e. The summed E-state index contributed by atoms with van der Waals surface area (Å²) in [7, 11) is 1.47. The molecule has 2 aromatic rings. The number of hydrogen-bond acceptors (Lipinski definition) is 2. The van der Waals surface area contributed by atoms with Gasteiger partial charge in [0.1, 0.15) is 0 Å². The van der Waals surface area contributed by atoms with Crippen LogP contribution in [0.5, 0.6) is 0 Å². The van der Waals surface area contributed by atoms with Gasteiger partial charge >= 0.3 is 5.97 Å². The van der Waals surface area contributed by atoms with Crippen molar-refractivity contribution in [2.75, 3.05) is 7.11 Å². The first kappa shape index (κ1) is 11.3. The normalized spacial score (nSPS) is 26.3. The summed E-state index contributed by atoms with van der Waals surface area (Å²) in [5.41, 5.74) is 2.86. The Kier molecular flexibility index (Phi) is 2.27. The molecular weight excluding hydrogens is 226 g/mol. The van der Waals surface area contributed by atoms with Crippen LogP contribution in [0.15, 0.2) is 24.3 Å². The molecule has 1 heterocycles. The molecule has 2 unspecified atom stereocenters. The van der Waals surface area contributed by atoms with Crippen molar-refractivity contribution in [1.82, 2.24) is 4.98 Å². The van der Waals surface area contributed by atoms with Gasteiger partial charge in [-0.15, -0.1) is 0 Å². The molecule has 0 saturated heterocycles. The van der Waals surface area contributed by atoms with Crippen molar-refractivity contribution in [1.29, 1.82) is 0 Å². The van der Waals surface area contributed by atoms with Gasteiger partial charge in [0, 0.05) is 16.6 Å². The van der Waals surface area contributed by atoms with Crippen molar-refractivity contribution in [3.8, 4) is 0 Å². The molecule has 1 N–H and O–H groups in total.